The summed E-state index contributed by atoms with van der Waals surface area (Å²) < 4.78 is 0.922. The number of aliphatic imine (C=N–C) groups is 1. The maximum Gasteiger partial charge on any atom is 0.199 e. The minimum absolute atomic E-state index is 0.0628. The van der Waals surface area contributed by atoms with E-state index in [9.17, 15) is 5.11 Å². The number of aromatic hydroxyl groups is 1. The molecular weight excluding hydrogens is 450 g/mol. The largest absolute Gasteiger partial charge is 0.494 e. The van der Waals surface area contributed by atoms with Crippen LogP contribution in [0.2, 0.25) is 0 Å². The molecule has 7 heteroatoms. The molecule has 0 spiro atoms. The molecule has 4 rings (SSSR count). The number of halogens is 2. The molecule has 2 aromatic carbocycles. The number of rotatable bonds is 4. The van der Waals surface area contributed by atoms with Crippen LogP contribution in [0.15, 0.2) is 57.1 Å². The Labute approximate surface area is 160 Å². The van der Waals surface area contributed by atoms with Gasteiger partial charge >= 0.3 is 0 Å². The number of hydrogen-bond acceptors (Lipinski definition) is 4. The van der Waals surface area contributed by atoms with Gasteiger partial charge in [0, 0.05) is 26.3 Å². The first-order valence-electron chi connectivity index (χ1n) is 7.64. The number of aromatic nitrogens is 1. The molecule has 1 aromatic heterocycles. The average molecular weight is 463 g/mol. The molecule has 5 nitrogen and oxygen atoms in total. The predicted molar refractivity (Wildman–Crippen MR) is 107 cm³/mol. The van der Waals surface area contributed by atoms with E-state index in [1.165, 1.54) is 0 Å². The maximum absolute atomic E-state index is 10.5. The molecular formula is C18H13Br2N3O2. The molecule has 3 aromatic rings. The molecule has 0 radical (unpaired) electrons. The molecule has 1 aliphatic heterocycles. The van der Waals surface area contributed by atoms with Crippen LogP contribution in [0.3, 0.4) is 0 Å². The number of hydrogen-bond donors (Lipinski definition) is 2. The third kappa shape index (κ3) is 2.87. The van der Waals surface area contributed by atoms with Gasteiger partial charge in [-0.25, -0.2) is 4.99 Å². The van der Waals surface area contributed by atoms with Crippen molar-refractivity contribution in [1.82, 2.24) is 4.98 Å². The lowest BCUT2D eigenvalue weighted by molar-refractivity contribution is 0.163. The fourth-order valence-corrected chi connectivity index (χ4v) is 3.38. The molecule has 25 heavy (non-hydrogen) atoms. The lowest BCUT2D eigenvalue weighted by Gasteiger charge is -2.04. The normalized spacial score (nSPS) is 14.8. The Morgan fingerprint density at radius 3 is 2.88 bits per heavy atom. The highest BCUT2D eigenvalue weighted by Crippen LogP contribution is 2.36. The van der Waals surface area contributed by atoms with Crippen LogP contribution in [0.25, 0.3) is 10.9 Å². The van der Waals surface area contributed by atoms with Crippen molar-refractivity contribution >= 4 is 59.9 Å². The standard InChI is InChI=1S/C18H13Br2N3O2/c19-7-8-25-23-16-11-3-1-2-4-13(11)21-17(16)15-12-9-10(20)5-6-14(12)22-18(15)24/h1-6,9,22,24H,7-8H2/b23-16+. The van der Waals surface area contributed by atoms with Gasteiger partial charge in [-0.05, 0) is 24.3 Å². The topological polar surface area (TPSA) is 70.0 Å². The van der Waals surface area contributed by atoms with Crippen LogP contribution >= 0.6 is 31.9 Å². The van der Waals surface area contributed by atoms with Crippen LogP contribution < -0.4 is 0 Å². The summed E-state index contributed by atoms with van der Waals surface area (Å²) in [5.74, 6) is 0.0628. The number of benzene rings is 2. The Morgan fingerprint density at radius 2 is 2.04 bits per heavy atom. The first kappa shape index (κ1) is 16.4. The number of para-hydroxylation sites is 1. The minimum atomic E-state index is 0.0628. The van der Waals surface area contributed by atoms with E-state index in [2.05, 4.69) is 42.0 Å². The van der Waals surface area contributed by atoms with Gasteiger partial charge in [0.15, 0.2) is 5.88 Å². The highest BCUT2D eigenvalue weighted by molar-refractivity contribution is 9.10. The van der Waals surface area contributed by atoms with E-state index in [-0.39, 0.29) is 5.88 Å². The predicted octanol–water partition coefficient (Wildman–Crippen LogP) is 4.89. The Hall–Kier alpha value is -2.12. The van der Waals surface area contributed by atoms with Crippen molar-refractivity contribution in [3.8, 4) is 5.88 Å². The first-order chi connectivity index (χ1) is 12.2. The maximum atomic E-state index is 10.5. The molecule has 0 saturated heterocycles. The fraction of sp³-hybridized carbons (Fsp3) is 0.111. The fourth-order valence-electron chi connectivity index (χ4n) is 2.87. The zero-order valence-electron chi connectivity index (χ0n) is 13.0. The van der Waals surface area contributed by atoms with Gasteiger partial charge in [0.05, 0.1) is 11.3 Å². The van der Waals surface area contributed by atoms with Crippen molar-refractivity contribution in [3.63, 3.8) is 0 Å². The molecule has 126 valence electrons. The molecule has 0 amide bonds. The van der Waals surface area contributed by atoms with Gasteiger partial charge in [-0.1, -0.05) is 55.2 Å². The SMILES string of the molecule is Oc1[nH]c2ccc(Br)cc2c1C1=Nc2ccccc2/C1=N\OCCBr. The molecule has 0 unspecified atom stereocenters. The summed E-state index contributed by atoms with van der Waals surface area (Å²) in [4.78, 5) is 13.1. The van der Waals surface area contributed by atoms with Crippen LogP contribution in [0, 0.1) is 0 Å². The molecule has 0 saturated carbocycles. The summed E-state index contributed by atoms with van der Waals surface area (Å²) in [5, 5.41) is 16.3. The third-order valence-corrected chi connectivity index (χ3v) is 4.73. The molecule has 0 aliphatic carbocycles. The van der Waals surface area contributed by atoms with Gasteiger partial charge in [0.25, 0.3) is 0 Å². The summed E-state index contributed by atoms with van der Waals surface area (Å²) in [6.45, 7) is 0.449. The quantitative estimate of drug-likeness (QED) is 0.329. The summed E-state index contributed by atoms with van der Waals surface area (Å²) >= 11 is 6.81. The Morgan fingerprint density at radius 1 is 1.20 bits per heavy atom. The van der Waals surface area contributed by atoms with Crippen LogP contribution in [0.1, 0.15) is 11.1 Å². The van der Waals surface area contributed by atoms with Crippen molar-refractivity contribution in [2.24, 2.45) is 10.1 Å². The van der Waals surface area contributed by atoms with Gasteiger partial charge in [-0.15, -0.1) is 0 Å². The smallest absolute Gasteiger partial charge is 0.199 e. The summed E-state index contributed by atoms with van der Waals surface area (Å²) in [6, 6.07) is 13.5. The molecule has 2 N–H and O–H groups in total. The summed E-state index contributed by atoms with van der Waals surface area (Å²) in [7, 11) is 0. The highest BCUT2D eigenvalue weighted by atomic mass is 79.9. The second-order valence-electron chi connectivity index (χ2n) is 5.48. The second-order valence-corrected chi connectivity index (χ2v) is 7.19. The number of nitrogens with one attached hydrogen (secondary N) is 1. The van der Waals surface area contributed by atoms with Crippen LogP contribution in [-0.4, -0.2) is 33.5 Å². The van der Waals surface area contributed by atoms with Crippen molar-refractivity contribution in [3.05, 3.63) is 58.1 Å². The third-order valence-electron chi connectivity index (χ3n) is 3.92. The van der Waals surface area contributed by atoms with E-state index in [0.29, 0.717) is 28.9 Å². The molecule has 0 fully saturated rings. The van der Waals surface area contributed by atoms with Gasteiger partial charge in [-0.3, -0.25) is 0 Å². The zero-order chi connectivity index (χ0) is 17.4. The van der Waals surface area contributed by atoms with Crippen molar-refractivity contribution in [2.75, 3.05) is 11.9 Å². The lowest BCUT2D eigenvalue weighted by atomic mass is 10.0. The molecule has 0 bridgehead atoms. The second kappa shape index (κ2) is 6.65. The van der Waals surface area contributed by atoms with E-state index in [1.54, 1.807) is 0 Å². The number of H-pyrrole nitrogens is 1. The minimum Gasteiger partial charge on any atom is -0.494 e. The van der Waals surface area contributed by atoms with Crippen LogP contribution in [0.5, 0.6) is 5.88 Å². The Balaban J connectivity index is 1.91. The molecule has 1 aliphatic rings. The Bertz CT molecular complexity index is 1020. The highest BCUT2D eigenvalue weighted by Gasteiger charge is 2.29. The van der Waals surface area contributed by atoms with Crippen LogP contribution in [-0.2, 0) is 4.84 Å². The van der Waals surface area contributed by atoms with Gasteiger partial charge < -0.3 is 14.9 Å². The van der Waals surface area contributed by atoms with E-state index < -0.39 is 0 Å². The summed E-state index contributed by atoms with van der Waals surface area (Å²) in [6.07, 6.45) is 0. The van der Waals surface area contributed by atoms with Crippen molar-refractivity contribution in [2.45, 2.75) is 0 Å². The molecule has 2 heterocycles. The van der Waals surface area contributed by atoms with Gasteiger partial charge in [-0.2, -0.15) is 0 Å². The van der Waals surface area contributed by atoms with Gasteiger partial charge in [0.2, 0.25) is 0 Å². The summed E-state index contributed by atoms with van der Waals surface area (Å²) in [5.41, 5.74) is 4.35. The number of nitrogens with zero attached hydrogens (tertiary/aromatic N) is 2. The average Bonchev–Trinajstić information content (AvgIpc) is 3.11. The van der Waals surface area contributed by atoms with E-state index in [0.717, 1.165) is 26.6 Å². The van der Waals surface area contributed by atoms with E-state index in [4.69, 9.17) is 9.83 Å². The lowest BCUT2D eigenvalue weighted by Crippen LogP contribution is -2.13. The monoisotopic (exact) mass is 461 g/mol. The molecule has 0 atom stereocenters. The van der Waals surface area contributed by atoms with Gasteiger partial charge in [0.1, 0.15) is 18.0 Å². The van der Waals surface area contributed by atoms with Crippen molar-refractivity contribution < 1.29 is 9.94 Å². The number of fused-ring (bicyclic) bond motifs is 2. The number of alkyl halides is 1. The van der Waals surface area contributed by atoms with Crippen molar-refractivity contribution in [1.29, 1.82) is 0 Å². The zero-order valence-corrected chi connectivity index (χ0v) is 16.1. The van der Waals surface area contributed by atoms with E-state index >= 15 is 0 Å². The Kier molecular flexibility index (Phi) is 4.35. The number of aromatic amines is 1. The van der Waals surface area contributed by atoms with Crippen LogP contribution in [0.4, 0.5) is 5.69 Å². The number of oxime groups is 1. The first-order valence-corrected chi connectivity index (χ1v) is 9.55. The van der Waals surface area contributed by atoms with E-state index in [1.807, 2.05) is 42.5 Å².